The first-order valence-corrected chi connectivity index (χ1v) is 2.42. The summed E-state index contributed by atoms with van der Waals surface area (Å²) in [6, 6.07) is 0. The number of rotatable bonds is 3. The molecule has 0 aliphatic heterocycles. The molecule has 0 fully saturated rings. The van der Waals surface area contributed by atoms with Gasteiger partial charge >= 0.3 is 0 Å². The zero-order valence-corrected chi connectivity index (χ0v) is 4.36. The van der Waals surface area contributed by atoms with Crippen LogP contribution in [-0.4, -0.2) is 6.67 Å². The molecule has 0 aliphatic carbocycles. The molecule has 0 nitrogen and oxygen atoms in total. The lowest BCUT2D eigenvalue weighted by molar-refractivity contribution is 0.501. The van der Waals surface area contributed by atoms with Crippen LogP contribution in [0.3, 0.4) is 0 Å². The molecule has 0 saturated heterocycles. The highest BCUT2D eigenvalue weighted by Crippen LogP contribution is 1.84. The molecular weight excluding hydrogens is 91.1 g/mol. The van der Waals surface area contributed by atoms with Gasteiger partial charge in [-0.05, 0) is 19.8 Å². The zero-order valence-electron chi connectivity index (χ0n) is 4.36. The Morgan fingerprint density at radius 2 is 2.14 bits per heavy atom. The fourth-order valence-electron chi connectivity index (χ4n) is 0.299. The molecule has 0 heterocycles. The van der Waals surface area contributed by atoms with Gasteiger partial charge in [0.05, 0.1) is 6.67 Å². The van der Waals surface area contributed by atoms with Crippen LogP contribution in [0.5, 0.6) is 0 Å². The third-order valence-corrected chi connectivity index (χ3v) is 0.609. The Morgan fingerprint density at radius 3 is 2.57 bits per heavy atom. The summed E-state index contributed by atoms with van der Waals surface area (Å²) in [5, 5.41) is 0. The van der Waals surface area contributed by atoms with Crippen LogP contribution < -0.4 is 0 Å². The quantitative estimate of drug-likeness (QED) is 0.478. The summed E-state index contributed by atoms with van der Waals surface area (Å²) in [7, 11) is 0. The molecule has 0 aromatic heterocycles. The second kappa shape index (κ2) is 5.67. The first-order valence-electron chi connectivity index (χ1n) is 2.42. The van der Waals surface area contributed by atoms with Gasteiger partial charge in [0.2, 0.25) is 0 Å². The molecule has 0 aromatic rings. The first kappa shape index (κ1) is 6.67. The smallest absolute Gasteiger partial charge is 0.0928 e. The van der Waals surface area contributed by atoms with Gasteiger partial charge in [-0.15, -0.1) is 0 Å². The van der Waals surface area contributed by atoms with Gasteiger partial charge in [-0.25, -0.2) is 0 Å². The summed E-state index contributed by atoms with van der Waals surface area (Å²) in [6.07, 6.45) is 4.96. The summed E-state index contributed by atoms with van der Waals surface area (Å²) >= 11 is 0. The number of hydrogen-bond acceptors (Lipinski definition) is 0. The Morgan fingerprint density at radius 1 is 1.43 bits per heavy atom. The van der Waals surface area contributed by atoms with Gasteiger partial charge in [0, 0.05) is 0 Å². The highest BCUT2D eigenvalue weighted by atomic mass is 19.1. The van der Waals surface area contributed by atoms with Gasteiger partial charge < -0.3 is 0 Å². The number of alkyl halides is 1. The molecule has 1 radical (unpaired) electrons. The molecule has 1 heteroatoms. The van der Waals surface area contributed by atoms with Crippen molar-refractivity contribution < 1.29 is 4.39 Å². The minimum Gasteiger partial charge on any atom is -0.251 e. The normalized spacial score (nSPS) is 10.6. The highest BCUT2D eigenvalue weighted by molar-refractivity contribution is 4.81. The van der Waals surface area contributed by atoms with Gasteiger partial charge in [-0.1, -0.05) is 12.2 Å². The predicted octanol–water partition coefficient (Wildman–Crippen LogP) is 2.13. The lowest BCUT2D eigenvalue weighted by Crippen LogP contribution is -1.65. The highest BCUT2D eigenvalue weighted by Gasteiger charge is 1.71. The van der Waals surface area contributed by atoms with Crippen LogP contribution in [0.2, 0.25) is 0 Å². The lowest BCUT2D eigenvalue weighted by Gasteiger charge is -1.77. The van der Waals surface area contributed by atoms with E-state index in [1.165, 1.54) is 0 Å². The molecule has 0 spiro atoms. The average molecular weight is 101 g/mol. The fourth-order valence-corrected chi connectivity index (χ4v) is 0.299. The summed E-state index contributed by atoms with van der Waals surface area (Å²) < 4.78 is 11.2. The molecule has 0 atom stereocenters. The van der Waals surface area contributed by atoms with Gasteiger partial charge in [0.1, 0.15) is 0 Å². The Hall–Kier alpha value is -0.330. The first-order chi connectivity index (χ1) is 3.41. The maximum Gasteiger partial charge on any atom is 0.0928 e. The van der Waals surface area contributed by atoms with Crippen LogP contribution >= 0.6 is 0 Å². The van der Waals surface area contributed by atoms with E-state index in [0.717, 1.165) is 6.42 Å². The van der Waals surface area contributed by atoms with E-state index in [9.17, 15) is 4.39 Å². The van der Waals surface area contributed by atoms with Crippen molar-refractivity contribution in [2.24, 2.45) is 0 Å². The number of halogens is 1. The molecule has 0 bridgehead atoms. The van der Waals surface area contributed by atoms with Crippen molar-refractivity contribution in [2.75, 3.05) is 6.67 Å². The molecule has 0 aliphatic rings. The third-order valence-electron chi connectivity index (χ3n) is 0.609. The van der Waals surface area contributed by atoms with Crippen LogP contribution in [0, 0.1) is 6.92 Å². The minimum atomic E-state index is -0.253. The molecule has 0 amide bonds. The molecule has 0 unspecified atom stereocenters. The van der Waals surface area contributed by atoms with E-state index in [1.54, 1.807) is 6.08 Å². The molecule has 7 heavy (non-hydrogen) atoms. The second-order valence-electron chi connectivity index (χ2n) is 1.24. The van der Waals surface area contributed by atoms with Crippen molar-refractivity contribution in [1.29, 1.82) is 0 Å². The maximum atomic E-state index is 11.2. The number of allylic oxidation sites excluding steroid dienone is 2. The molecule has 0 rings (SSSR count). The Bertz CT molecular complexity index is 48.1. The Kier molecular flexibility index (Phi) is 5.40. The topological polar surface area (TPSA) is 0 Å². The predicted molar refractivity (Wildman–Crippen MR) is 29.7 cm³/mol. The van der Waals surface area contributed by atoms with Crippen molar-refractivity contribution in [1.82, 2.24) is 0 Å². The van der Waals surface area contributed by atoms with Crippen LogP contribution in [0.1, 0.15) is 12.8 Å². The molecular formula is C6H10F. The van der Waals surface area contributed by atoms with Crippen LogP contribution in [0.4, 0.5) is 4.39 Å². The van der Waals surface area contributed by atoms with Crippen LogP contribution in [0.25, 0.3) is 0 Å². The van der Waals surface area contributed by atoms with Crippen molar-refractivity contribution in [3.05, 3.63) is 19.1 Å². The van der Waals surface area contributed by atoms with E-state index in [4.69, 9.17) is 0 Å². The SMILES string of the molecule is [CH2]CC=CCCF. The van der Waals surface area contributed by atoms with Crippen molar-refractivity contribution >= 4 is 0 Å². The lowest BCUT2D eigenvalue weighted by atomic mass is 10.3. The van der Waals surface area contributed by atoms with Crippen molar-refractivity contribution in [3.63, 3.8) is 0 Å². The van der Waals surface area contributed by atoms with Crippen LogP contribution in [-0.2, 0) is 0 Å². The molecule has 0 saturated carbocycles. The Labute approximate surface area is 44.0 Å². The molecule has 0 N–H and O–H groups in total. The van der Waals surface area contributed by atoms with Crippen LogP contribution in [0.15, 0.2) is 12.2 Å². The fraction of sp³-hybridized carbons (Fsp3) is 0.500. The largest absolute Gasteiger partial charge is 0.251 e. The molecule has 41 valence electrons. The minimum absolute atomic E-state index is 0.253. The second-order valence-corrected chi connectivity index (χ2v) is 1.24. The van der Waals surface area contributed by atoms with Crippen molar-refractivity contribution in [2.45, 2.75) is 12.8 Å². The van der Waals surface area contributed by atoms with Gasteiger partial charge in [-0.3, -0.25) is 4.39 Å². The summed E-state index contributed by atoms with van der Waals surface area (Å²) in [6.45, 7) is 3.29. The van der Waals surface area contributed by atoms with E-state index < -0.39 is 0 Å². The average Bonchev–Trinajstić information content (AvgIpc) is 1.69. The summed E-state index contributed by atoms with van der Waals surface area (Å²) in [5.74, 6) is 0. The van der Waals surface area contributed by atoms with E-state index >= 15 is 0 Å². The van der Waals surface area contributed by atoms with Gasteiger partial charge in [0.25, 0.3) is 0 Å². The maximum absolute atomic E-state index is 11.2. The van der Waals surface area contributed by atoms with Crippen molar-refractivity contribution in [3.8, 4) is 0 Å². The van der Waals surface area contributed by atoms with E-state index in [-0.39, 0.29) is 6.67 Å². The van der Waals surface area contributed by atoms with Gasteiger partial charge in [0.15, 0.2) is 0 Å². The Balaban J connectivity index is 2.78. The zero-order chi connectivity index (χ0) is 5.54. The summed E-state index contributed by atoms with van der Waals surface area (Å²) in [5.41, 5.74) is 0. The third kappa shape index (κ3) is 5.67. The monoisotopic (exact) mass is 101 g/mol. The summed E-state index contributed by atoms with van der Waals surface area (Å²) in [4.78, 5) is 0. The standard InChI is InChI=1S/C6H10F/c1-2-3-4-5-6-7/h3-4H,1-2,5-6H2. The van der Waals surface area contributed by atoms with E-state index in [0.29, 0.717) is 6.42 Å². The van der Waals surface area contributed by atoms with E-state index in [1.807, 2.05) is 6.08 Å². The van der Waals surface area contributed by atoms with E-state index in [2.05, 4.69) is 6.92 Å². The molecule has 0 aromatic carbocycles. The number of hydrogen-bond donors (Lipinski definition) is 0. The van der Waals surface area contributed by atoms with Gasteiger partial charge in [-0.2, -0.15) is 0 Å².